The number of benzene rings is 1. The van der Waals surface area contributed by atoms with E-state index in [1.165, 1.54) is 11.8 Å². The number of primary amides is 1. The highest BCUT2D eigenvalue weighted by atomic mass is 32.2. The van der Waals surface area contributed by atoms with Crippen molar-refractivity contribution in [1.29, 1.82) is 0 Å². The lowest BCUT2D eigenvalue weighted by atomic mass is 10.1. The van der Waals surface area contributed by atoms with Crippen molar-refractivity contribution in [3.63, 3.8) is 0 Å². The van der Waals surface area contributed by atoms with Crippen molar-refractivity contribution in [2.75, 3.05) is 6.54 Å². The average molecular weight is 264 g/mol. The Hall–Kier alpha value is -1.49. The fraction of sp³-hybridized carbons (Fsp3) is 0.385. The van der Waals surface area contributed by atoms with E-state index < -0.39 is 11.9 Å². The van der Waals surface area contributed by atoms with Crippen LogP contribution in [0.1, 0.15) is 24.2 Å². The molecule has 0 aliphatic carbocycles. The van der Waals surface area contributed by atoms with Crippen LogP contribution < -0.4 is 5.73 Å². The molecule has 96 valence electrons. The predicted octanol–water partition coefficient (Wildman–Crippen LogP) is 2.16. The minimum atomic E-state index is -0.487. The summed E-state index contributed by atoms with van der Waals surface area (Å²) in [5.41, 5.74) is 6.44. The van der Waals surface area contributed by atoms with Gasteiger partial charge >= 0.3 is 0 Å². The first kappa shape index (κ1) is 13.0. The molecular weight excluding hydrogens is 248 g/mol. The number of hydrogen-bond acceptors (Lipinski definition) is 3. The van der Waals surface area contributed by atoms with Gasteiger partial charge in [0.1, 0.15) is 6.04 Å². The minimum Gasteiger partial charge on any atom is -0.368 e. The maximum atomic E-state index is 11.9. The van der Waals surface area contributed by atoms with E-state index in [0.717, 1.165) is 5.56 Å². The molecule has 0 aromatic heterocycles. The van der Waals surface area contributed by atoms with Crippen molar-refractivity contribution in [3.8, 4) is 0 Å². The van der Waals surface area contributed by atoms with E-state index in [1.807, 2.05) is 37.3 Å². The van der Waals surface area contributed by atoms with Crippen LogP contribution in [0.2, 0.25) is 0 Å². The number of hydrogen-bond donors (Lipinski definition) is 1. The number of thioether (sulfide) groups is 1. The van der Waals surface area contributed by atoms with E-state index in [-0.39, 0.29) is 10.5 Å². The SMILES string of the molecule is CCC(C(N)=O)N1CC(c2ccccc2)SC1=O. The molecule has 2 unspecified atom stereocenters. The molecule has 0 saturated carbocycles. The molecule has 2 amide bonds. The molecule has 1 aliphatic rings. The van der Waals surface area contributed by atoms with Gasteiger partial charge in [0.25, 0.3) is 5.24 Å². The van der Waals surface area contributed by atoms with Crippen LogP contribution in [0, 0.1) is 0 Å². The third-order valence-corrected chi connectivity index (χ3v) is 4.24. The lowest BCUT2D eigenvalue weighted by molar-refractivity contribution is -0.122. The molecule has 2 N–H and O–H groups in total. The molecule has 1 aliphatic heterocycles. The second kappa shape index (κ2) is 5.44. The van der Waals surface area contributed by atoms with Gasteiger partial charge in [-0.1, -0.05) is 49.0 Å². The molecule has 0 spiro atoms. The summed E-state index contributed by atoms with van der Waals surface area (Å²) in [4.78, 5) is 24.9. The summed E-state index contributed by atoms with van der Waals surface area (Å²) >= 11 is 1.27. The molecule has 1 aromatic rings. The maximum Gasteiger partial charge on any atom is 0.283 e. The summed E-state index contributed by atoms with van der Waals surface area (Å²) in [6, 6.07) is 9.36. The Morgan fingerprint density at radius 3 is 2.72 bits per heavy atom. The monoisotopic (exact) mass is 264 g/mol. The van der Waals surface area contributed by atoms with Gasteiger partial charge in [-0.05, 0) is 12.0 Å². The third-order valence-electron chi connectivity index (χ3n) is 3.10. The van der Waals surface area contributed by atoms with Gasteiger partial charge < -0.3 is 10.6 Å². The molecule has 1 aromatic carbocycles. The summed E-state index contributed by atoms with van der Waals surface area (Å²) in [7, 11) is 0. The number of nitrogens with two attached hydrogens (primary N) is 1. The van der Waals surface area contributed by atoms with Gasteiger partial charge in [0.05, 0.1) is 5.25 Å². The number of carbonyl (C=O) groups is 2. The van der Waals surface area contributed by atoms with Crippen LogP contribution in [0.5, 0.6) is 0 Å². The first-order valence-electron chi connectivity index (χ1n) is 5.95. The smallest absolute Gasteiger partial charge is 0.283 e. The molecular formula is C13H16N2O2S. The van der Waals surface area contributed by atoms with Crippen LogP contribution in [0.15, 0.2) is 30.3 Å². The number of rotatable bonds is 4. The highest BCUT2D eigenvalue weighted by molar-refractivity contribution is 8.14. The van der Waals surface area contributed by atoms with E-state index in [0.29, 0.717) is 13.0 Å². The van der Waals surface area contributed by atoms with Gasteiger partial charge in [-0.3, -0.25) is 9.59 Å². The van der Waals surface area contributed by atoms with Crippen LogP contribution in [0.3, 0.4) is 0 Å². The Bertz CT molecular complexity index is 450. The van der Waals surface area contributed by atoms with Gasteiger partial charge in [-0.25, -0.2) is 0 Å². The van der Waals surface area contributed by atoms with E-state index in [4.69, 9.17) is 5.73 Å². The van der Waals surface area contributed by atoms with Crippen LogP contribution in [0.4, 0.5) is 4.79 Å². The predicted molar refractivity (Wildman–Crippen MR) is 72.1 cm³/mol. The highest BCUT2D eigenvalue weighted by Crippen LogP contribution is 2.39. The summed E-state index contributed by atoms with van der Waals surface area (Å²) in [5.74, 6) is -0.430. The molecule has 4 nitrogen and oxygen atoms in total. The standard InChI is InChI=1S/C13H16N2O2S/c1-2-10(12(14)16)15-8-11(18-13(15)17)9-6-4-3-5-7-9/h3-7,10-11H,2,8H2,1H3,(H2,14,16). The molecule has 1 saturated heterocycles. The molecule has 5 heteroatoms. The lowest BCUT2D eigenvalue weighted by Gasteiger charge is -2.23. The summed E-state index contributed by atoms with van der Waals surface area (Å²) in [5, 5.41) is 0.0293. The summed E-state index contributed by atoms with van der Waals surface area (Å²) in [6.07, 6.45) is 0.559. The first-order valence-corrected chi connectivity index (χ1v) is 6.83. The number of carbonyl (C=O) groups excluding carboxylic acids is 2. The zero-order valence-electron chi connectivity index (χ0n) is 10.2. The Morgan fingerprint density at radius 2 is 2.17 bits per heavy atom. The topological polar surface area (TPSA) is 63.4 Å². The second-order valence-electron chi connectivity index (χ2n) is 4.26. The van der Waals surface area contributed by atoms with Crippen LogP contribution in [-0.2, 0) is 4.79 Å². The average Bonchev–Trinajstić information content (AvgIpc) is 2.73. The maximum absolute atomic E-state index is 11.9. The van der Waals surface area contributed by atoms with E-state index in [1.54, 1.807) is 4.90 Å². The molecule has 1 heterocycles. The fourth-order valence-electron chi connectivity index (χ4n) is 2.15. The molecule has 0 radical (unpaired) electrons. The number of nitrogens with zero attached hydrogens (tertiary/aromatic N) is 1. The van der Waals surface area contributed by atoms with Gasteiger partial charge in [-0.15, -0.1) is 0 Å². The van der Waals surface area contributed by atoms with Crippen LogP contribution >= 0.6 is 11.8 Å². The molecule has 2 rings (SSSR count). The normalized spacial score (nSPS) is 21.1. The first-order chi connectivity index (χ1) is 8.63. The Balaban J connectivity index is 2.14. The van der Waals surface area contributed by atoms with Crippen molar-refractivity contribution < 1.29 is 9.59 Å². The van der Waals surface area contributed by atoms with Crippen molar-refractivity contribution in [1.82, 2.24) is 4.90 Å². The number of amides is 2. The third kappa shape index (κ3) is 2.51. The quantitative estimate of drug-likeness (QED) is 0.906. The Morgan fingerprint density at radius 1 is 1.50 bits per heavy atom. The second-order valence-corrected chi connectivity index (χ2v) is 5.42. The lowest BCUT2D eigenvalue weighted by Crippen LogP contribution is -2.44. The van der Waals surface area contributed by atoms with E-state index >= 15 is 0 Å². The van der Waals surface area contributed by atoms with Gasteiger partial charge in [0, 0.05) is 6.54 Å². The Labute approximate surface area is 111 Å². The highest BCUT2D eigenvalue weighted by Gasteiger charge is 2.37. The van der Waals surface area contributed by atoms with Gasteiger partial charge in [0.2, 0.25) is 5.91 Å². The van der Waals surface area contributed by atoms with Crippen LogP contribution in [0.25, 0.3) is 0 Å². The zero-order valence-corrected chi connectivity index (χ0v) is 11.0. The summed E-state index contributed by atoms with van der Waals surface area (Å²) < 4.78 is 0. The van der Waals surface area contributed by atoms with E-state index in [9.17, 15) is 9.59 Å². The van der Waals surface area contributed by atoms with Gasteiger partial charge in [-0.2, -0.15) is 0 Å². The Kier molecular flexibility index (Phi) is 3.91. The zero-order chi connectivity index (χ0) is 13.1. The van der Waals surface area contributed by atoms with Crippen molar-refractivity contribution in [2.24, 2.45) is 5.73 Å². The molecule has 1 fully saturated rings. The summed E-state index contributed by atoms with van der Waals surface area (Å²) in [6.45, 7) is 2.41. The van der Waals surface area contributed by atoms with E-state index in [2.05, 4.69) is 0 Å². The molecule has 2 atom stereocenters. The van der Waals surface area contributed by atoms with Crippen molar-refractivity contribution in [2.45, 2.75) is 24.6 Å². The van der Waals surface area contributed by atoms with Crippen molar-refractivity contribution >= 4 is 22.9 Å². The van der Waals surface area contributed by atoms with Gasteiger partial charge in [0.15, 0.2) is 0 Å². The fourth-order valence-corrected chi connectivity index (χ4v) is 3.26. The molecule has 18 heavy (non-hydrogen) atoms. The minimum absolute atomic E-state index is 0.0606. The molecule has 0 bridgehead atoms. The van der Waals surface area contributed by atoms with Crippen LogP contribution in [-0.4, -0.2) is 28.6 Å². The van der Waals surface area contributed by atoms with Crippen molar-refractivity contribution in [3.05, 3.63) is 35.9 Å². The largest absolute Gasteiger partial charge is 0.368 e.